The number of alkyl halides is 1. The SMILES string of the molecule is CC(Cc1cc(F)c(OCc2c(-c3ccc(Cl)cc3)nsc2CF)c(F)c1)C(=O)O. The van der Waals surface area contributed by atoms with Crippen LogP contribution in [0.15, 0.2) is 36.4 Å². The first-order valence-electron chi connectivity index (χ1n) is 8.93. The number of benzene rings is 2. The zero-order chi connectivity index (χ0) is 21.8. The van der Waals surface area contributed by atoms with Gasteiger partial charge in [0.1, 0.15) is 13.3 Å². The van der Waals surface area contributed by atoms with Crippen LogP contribution in [0, 0.1) is 17.6 Å². The van der Waals surface area contributed by atoms with Crippen molar-refractivity contribution in [2.75, 3.05) is 0 Å². The molecule has 3 rings (SSSR count). The molecule has 0 spiro atoms. The molecule has 0 aliphatic heterocycles. The molecule has 0 radical (unpaired) electrons. The van der Waals surface area contributed by atoms with E-state index in [-0.39, 0.29) is 18.6 Å². The zero-order valence-corrected chi connectivity index (χ0v) is 17.4. The maximum absolute atomic E-state index is 14.4. The Labute approximate surface area is 180 Å². The molecular formula is C21H17ClF3NO3S. The first kappa shape index (κ1) is 22.1. The normalized spacial score (nSPS) is 12.0. The van der Waals surface area contributed by atoms with E-state index in [1.165, 1.54) is 6.92 Å². The van der Waals surface area contributed by atoms with E-state index in [4.69, 9.17) is 21.4 Å². The summed E-state index contributed by atoms with van der Waals surface area (Å²) in [6.45, 7) is 0.371. The molecule has 158 valence electrons. The van der Waals surface area contributed by atoms with Crippen LogP contribution in [0.3, 0.4) is 0 Å². The van der Waals surface area contributed by atoms with Crippen molar-refractivity contribution < 1.29 is 27.8 Å². The second-order valence-electron chi connectivity index (χ2n) is 6.69. The molecule has 1 aromatic heterocycles. The molecule has 1 unspecified atom stereocenters. The lowest BCUT2D eigenvalue weighted by Gasteiger charge is -2.12. The van der Waals surface area contributed by atoms with Gasteiger partial charge in [-0.3, -0.25) is 4.79 Å². The van der Waals surface area contributed by atoms with Gasteiger partial charge in [0, 0.05) is 16.1 Å². The molecule has 0 aliphatic carbocycles. The van der Waals surface area contributed by atoms with Gasteiger partial charge >= 0.3 is 5.97 Å². The molecule has 1 heterocycles. The van der Waals surface area contributed by atoms with Gasteiger partial charge in [-0.15, -0.1) is 0 Å². The van der Waals surface area contributed by atoms with E-state index < -0.39 is 35.9 Å². The highest BCUT2D eigenvalue weighted by molar-refractivity contribution is 7.06. The topological polar surface area (TPSA) is 59.4 Å². The van der Waals surface area contributed by atoms with Crippen LogP contribution >= 0.6 is 23.1 Å². The Balaban J connectivity index is 1.84. The van der Waals surface area contributed by atoms with E-state index >= 15 is 0 Å². The first-order valence-corrected chi connectivity index (χ1v) is 10.1. The van der Waals surface area contributed by atoms with Crippen LogP contribution in [0.1, 0.15) is 22.9 Å². The highest BCUT2D eigenvalue weighted by Crippen LogP contribution is 2.32. The molecule has 4 nitrogen and oxygen atoms in total. The third kappa shape index (κ3) is 4.94. The van der Waals surface area contributed by atoms with Crippen molar-refractivity contribution in [3.8, 4) is 17.0 Å². The van der Waals surface area contributed by atoms with E-state index in [1.807, 2.05) is 0 Å². The van der Waals surface area contributed by atoms with E-state index in [0.717, 1.165) is 23.7 Å². The Morgan fingerprint density at radius 2 is 1.87 bits per heavy atom. The molecule has 0 fully saturated rings. The van der Waals surface area contributed by atoms with Crippen LogP contribution in [0.5, 0.6) is 5.75 Å². The van der Waals surface area contributed by atoms with Gasteiger partial charge in [-0.1, -0.05) is 30.7 Å². The van der Waals surface area contributed by atoms with Crippen LogP contribution in [0.25, 0.3) is 11.3 Å². The number of hydrogen-bond donors (Lipinski definition) is 1. The quantitative estimate of drug-likeness (QED) is 0.449. The summed E-state index contributed by atoms with van der Waals surface area (Å²) in [7, 11) is 0. The number of aliphatic carboxylic acids is 1. The zero-order valence-electron chi connectivity index (χ0n) is 15.8. The third-order valence-electron chi connectivity index (χ3n) is 4.49. The van der Waals surface area contributed by atoms with E-state index in [1.54, 1.807) is 24.3 Å². The molecule has 0 amide bonds. The van der Waals surface area contributed by atoms with Crippen molar-refractivity contribution in [2.45, 2.75) is 26.6 Å². The van der Waals surface area contributed by atoms with Gasteiger partial charge in [-0.2, -0.15) is 4.37 Å². The van der Waals surface area contributed by atoms with Crippen molar-refractivity contribution in [3.05, 3.63) is 69.1 Å². The summed E-state index contributed by atoms with van der Waals surface area (Å²) in [5.74, 6) is -4.38. The minimum atomic E-state index is -1.06. The molecule has 0 bridgehead atoms. The summed E-state index contributed by atoms with van der Waals surface area (Å²) in [5.41, 5.74) is 1.73. The Bertz CT molecular complexity index is 1030. The van der Waals surface area contributed by atoms with E-state index in [2.05, 4.69) is 4.37 Å². The maximum Gasteiger partial charge on any atom is 0.306 e. The predicted octanol–water partition coefficient (Wildman–Crippen LogP) is 6.05. The lowest BCUT2D eigenvalue weighted by molar-refractivity contribution is -0.141. The number of carboxylic acids is 1. The summed E-state index contributed by atoms with van der Waals surface area (Å²) in [6.07, 6.45) is -0.0232. The second kappa shape index (κ2) is 9.49. The molecular weight excluding hydrogens is 439 g/mol. The van der Waals surface area contributed by atoms with Gasteiger partial charge in [-0.25, -0.2) is 13.2 Å². The average molecular weight is 456 g/mol. The molecule has 9 heteroatoms. The highest BCUT2D eigenvalue weighted by atomic mass is 35.5. The number of aromatic nitrogens is 1. The van der Waals surface area contributed by atoms with E-state index in [9.17, 15) is 18.0 Å². The Morgan fingerprint density at radius 3 is 2.43 bits per heavy atom. The van der Waals surface area contributed by atoms with Crippen LogP contribution < -0.4 is 4.74 Å². The Morgan fingerprint density at radius 1 is 1.23 bits per heavy atom. The summed E-state index contributed by atoms with van der Waals surface area (Å²) in [6, 6.07) is 8.82. The van der Waals surface area contributed by atoms with Crippen molar-refractivity contribution in [2.24, 2.45) is 5.92 Å². The van der Waals surface area contributed by atoms with Crippen LogP contribution in [-0.4, -0.2) is 15.4 Å². The molecule has 30 heavy (non-hydrogen) atoms. The maximum atomic E-state index is 14.4. The highest BCUT2D eigenvalue weighted by Gasteiger charge is 2.20. The lowest BCUT2D eigenvalue weighted by atomic mass is 10.0. The third-order valence-corrected chi connectivity index (χ3v) is 5.59. The number of halogens is 4. The fourth-order valence-corrected chi connectivity index (χ4v) is 3.74. The summed E-state index contributed by atoms with van der Waals surface area (Å²) >= 11 is 6.84. The molecule has 1 N–H and O–H groups in total. The minimum Gasteiger partial charge on any atom is -0.483 e. The van der Waals surface area contributed by atoms with E-state index in [0.29, 0.717) is 26.7 Å². The standard InChI is InChI=1S/C21H17ClF3NO3S/c1-11(21(27)28)6-12-7-16(24)20(17(25)8-12)29-10-15-18(9-23)30-26-19(15)13-2-4-14(22)5-3-13/h2-5,7-8,11H,6,9-10H2,1H3,(H,27,28). The number of hydrogen-bond acceptors (Lipinski definition) is 4. The number of carboxylic acid groups (broad SMARTS) is 1. The van der Waals surface area contributed by atoms with Crippen molar-refractivity contribution in [1.82, 2.24) is 4.37 Å². The van der Waals surface area contributed by atoms with Crippen molar-refractivity contribution in [3.63, 3.8) is 0 Å². The van der Waals surface area contributed by atoms with Gasteiger partial charge in [-0.05, 0) is 47.8 Å². The van der Waals surface area contributed by atoms with Crippen molar-refractivity contribution >= 4 is 29.1 Å². The number of ether oxygens (including phenoxy) is 1. The summed E-state index contributed by atoms with van der Waals surface area (Å²) in [5, 5.41) is 9.48. The molecule has 0 saturated heterocycles. The first-order chi connectivity index (χ1) is 14.3. The fraction of sp³-hybridized carbons (Fsp3) is 0.238. The van der Waals surface area contributed by atoms with Crippen LogP contribution in [0.2, 0.25) is 5.02 Å². The van der Waals surface area contributed by atoms with Gasteiger partial charge in [0.05, 0.1) is 16.5 Å². The number of nitrogens with zero attached hydrogens (tertiary/aromatic N) is 1. The fourth-order valence-electron chi connectivity index (χ4n) is 2.88. The smallest absolute Gasteiger partial charge is 0.306 e. The second-order valence-corrected chi connectivity index (χ2v) is 7.99. The minimum absolute atomic E-state index is 0.0232. The molecule has 2 aromatic carbocycles. The lowest BCUT2D eigenvalue weighted by Crippen LogP contribution is -2.13. The van der Waals surface area contributed by atoms with Crippen LogP contribution in [0.4, 0.5) is 13.2 Å². The molecule has 3 aromatic rings. The van der Waals surface area contributed by atoms with Crippen molar-refractivity contribution in [1.29, 1.82) is 0 Å². The summed E-state index contributed by atoms with van der Waals surface area (Å²) in [4.78, 5) is 11.2. The number of rotatable bonds is 8. The average Bonchev–Trinajstić information content (AvgIpc) is 3.10. The predicted molar refractivity (Wildman–Crippen MR) is 109 cm³/mol. The number of carbonyl (C=O) groups is 1. The largest absolute Gasteiger partial charge is 0.483 e. The Kier molecular flexibility index (Phi) is 6.99. The monoisotopic (exact) mass is 455 g/mol. The molecule has 0 saturated carbocycles. The molecule has 0 aliphatic rings. The summed E-state index contributed by atoms with van der Waals surface area (Å²) < 4.78 is 51.9. The van der Waals surface area contributed by atoms with Gasteiger partial charge in [0.2, 0.25) is 0 Å². The Hall–Kier alpha value is -2.58. The molecule has 1 atom stereocenters. The van der Waals surface area contributed by atoms with Gasteiger partial charge in [0.15, 0.2) is 17.4 Å². The van der Waals surface area contributed by atoms with Gasteiger partial charge in [0.25, 0.3) is 0 Å². The van der Waals surface area contributed by atoms with Gasteiger partial charge < -0.3 is 9.84 Å². The van der Waals surface area contributed by atoms with Crippen LogP contribution in [-0.2, 0) is 24.5 Å².